The number of carboxylic acids is 1. The van der Waals surface area contributed by atoms with Crippen molar-refractivity contribution in [2.75, 3.05) is 19.6 Å². The van der Waals surface area contributed by atoms with Gasteiger partial charge in [-0.05, 0) is 31.4 Å². The predicted octanol–water partition coefficient (Wildman–Crippen LogP) is 1.45. The molecule has 1 amide bonds. The molecule has 0 saturated carbocycles. The van der Waals surface area contributed by atoms with Gasteiger partial charge in [0.25, 0.3) is 10.0 Å². The summed E-state index contributed by atoms with van der Waals surface area (Å²) in [4.78, 5) is 22.9. The Labute approximate surface area is 145 Å². The zero-order valence-corrected chi connectivity index (χ0v) is 15.0. The molecule has 7 nitrogen and oxygen atoms in total. The SMILES string of the molecule is O=C(O)CCCNC(=O)Cc1ccc(S(=O)(=O)N2CCCCC2)s1. The standard InChI is InChI=1S/C15H22N2O5S2/c18-13(16-8-4-5-14(19)20)11-12-6-7-15(23-12)24(21,22)17-9-2-1-3-10-17/h6-7H,1-5,8-11H2,(H,16,18)(H,19,20). The molecule has 1 aromatic rings. The summed E-state index contributed by atoms with van der Waals surface area (Å²) in [7, 11) is -3.45. The van der Waals surface area contributed by atoms with E-state index in [1.165, 1.54) is 4.31 Å². The Bertz CT molecular complexity index is 678. The average molecular weight is 374 g/mol. The molecule has 0 unspecified atom stereocenters. The van der Waals surface area contributed by atoms with Crippen molar-refractivity contribution in [2.45, 2.75) is 42.7 Å². The van der Waals surface area contributed by atoms with E-state index in [1.54, 1.807) is 12.1 Å². The molecule has 0 aromatic carbocycles. The van der Waals surface area contributed by atoms with Gasteiger partial charge in [0, 0.05) is 30.9 Å². The number of thiophene rings is 1. The molecular formula is C15H22N2O5S2. The summed E-state index contributed by atoms with van der Waals surface area (Å²) in [5, 5.41) is 11.2. The fraction of sp³-hybridized carbons (Fsp3) is 0.600. The van der Waals surface area contributed by atoms with Gasteiger partial charge >= 0.3 is 5.97 Å². The van der Waals surface area contributed by atoms with Gasteiger partial charge in [-0.2, -0.15) is 4.31 Å². The van der Waals surface area contributed by atoms with Crippen LogP contribution >= 0.6 is 11.3 Å². The minimum atomic E-state index is -3.45. The molecule has 2 heterocycles. The summed E-state index contributed by atoms with van der Waals surface area (Å²) in [6.07, 6.45) is 3.32. The summed E-state index contributed by atoms with van der Waals surface area (Å²) >= 11 is 1.12. The molecule has 134 valence electrons. The Balaban J connectivity index is 1.88. The first-order valence-corrected chi connectivity index (χ1v) is 10.2. The predicted molar refractivity (Wildman–Crippen MR) is 90.5 cm³/mol. The lowest BCUT2D eigenvalue weighted by Crippen LogP contribution is -2.35. The summed E-state index contributed by atoms with van der Waals surface area (Å²) in [5.41, 5.74) is 0. The smallest absolute Gasteiger partial charge is 0.303 e. The maximum atomic E-state index is 12.5. The summed E-state index contributed by atoms with van der Waals surface area (Å²) in [6, 6.07) is 3.22. The number of hydrogen-bond donors (Lipinski definition) is 2. The number of sulfonamides is 1. The number of amides is 1. The van der Waals surface area contributed by atoms with Gasteiger partial charge in [0.2, 0.25) is 5.91 Å². The minimum Gasteiger partial charge on any atom is -0.481 e. The van der Waals surface area contributed by atoms with E-state index in [0.717, 1.165) is 30.6 Å². The van der Waals surface area contributed by atoms with Crippen LogP contribution in [0, 0.1) is 0 Å². The van der Waals surface area contributed by atoms with Crippen LogP contribution in [-0.2, 0) is 26.0 Å². The number of nitrogens with zero attached hydrogens (tertiary/aromatic N) is 1. The van der Waals surface area contributed by atoms with Crippen LogP contribution in [0.3, 0.4) is 0 Å². The van der Waals surface area contributed by atoms with Gasteiger partial charge in [0.1, 0.15) is 4.21 Å². The van der Waals surface area contributed by atoms with Crippen LogP contribution < -0.4 is 5.32 Å². The average Bonchev–Trinajstić information content (AvgIpc) is 3.01. The lowest BCUT2D eigenvalue weighted by atomic mass is 10.2. The Hall–Kier alpha value is -1.45. The van der Waals surface area contributed by atoms with Crippen molar-refractivity contribution in [2.24, 2.45) is 0 Å². The first-order chi connectivity index (χ1) is 11.4. The van der Waals surface area contributed by atoms with Crippen molar-refractivity contribution in [1.29, 1.82) is 0 Å². The number of carbonyl (C=O) groups is 2. The van der Waals surface area contributed by atoms with E-state index in [2.05, 4.69) is 5.32 Å². The van der Waals surface area contributed by atoms with Gasteiger partial charge in [0.05, 0.1) is 6.42 Å². The van der Waals surface area contributed by atoms with Gasteiger partial charge in [-0.3, -0.25) is 9.59 Å². The monoisotopic (exact) mass is 374 g/mol. The molecule has 1 aliphatic heterocycles. The number of rotatable bonds is 8. The molecular weight excluding hydrogens is 352 g/mol. The number of piperidine rings is 1. The van der Waals surface area contributed by atoms with Crippen LogP contribution in [0.1, 0.15) is 37.0 Å². The molecule has 1 aliphatic rings. The van der Waals surface area contributed by atoms with E-state index in [1.807, 2.05) is 0 Å². The molecule has 1 saturated heterocycles. The van der Waals surface area contributed by atoms with Gasteiger partial charge < -0.3 is 10.4 Å². The third-order valence-corrected chi connectivity index (χ3v) is 7.22. The molecule has 1 fully saturated rings. The summed E-state index contributed by atoms with van der Waals surface area (Å²) in [5.74, 6) is -1.13. The molecule has 9 heteroatoms. The minimum absolute atomic E-state index is 0.0114. The van der Waals surface area contributed by atoms with Crippen LogP contribution in [-0.4, -0.2) is 49.3 Å². The first-order valence-electron chi connectivity index (χ1n) is 7.97. The molecule has 0 aliphatic carbocycles. The summed E-state index contributed by atoms with van der Waals surface area (Å²) in [6.45, 7) is 1.41. The summed E-state index contributed by atoms with van der Waals surface area (Å²) < 4.78 is 26.9. The quantitative estimate of drug-likeness (QED) is 0.670. The first kappa shape index (κ1) is 18.9. The fourth-order valence-electron chi connectivity index (χ4n) is 2.51. The third kappa shape index (κ3) is 5.29. The Morgan fingerprint density at radius 3 is 2.58 bits per heavy atom. The Morgan fingerprint density at radius 1 is 1.21 bits per heavy atom. The van der Waals surface area contributed by atoms with Gasteiger partial charge in [-0.25, -0.2) is 8.42 Å². The van der Waals surface area contributed by atoms with Gasteiger partial charge in [-0.1, -0.05) is 6.42 Å². The maximum absolute atomic E-state index is 12.5. The van der Waals surface area contributed by atoms with Crippen LogP contribution in [0.2, 0.25) is 0 Å². The van der Waals surface area contributed by atoms with Crippen molar-refractivity contribution >= 4 is 33.2 Å². The van der Waals surface area contributed by atoms with Crippen LogP contribution in [0.5, 0.6) is 0 Å². The van der Waals surface area contributed by atoms with Gasteiger partial charge in [0.15, 0.2) is 0 Å². The van der Waals surface area contributed by atoms with Crippen molar-refractivity contribution < 1.29 is 23.1 Å². The largest absolute Gasteiger partial charge is 0.481 e. The molecule has 1 aromatic heterocycles. The molecule has 2 N–H and O–H groups in total. The Kier molecular flexibility index (Phi) is 6.76. The molecule has 2 rings (SSSR count). The maximum Gasteiger partial charge on any atom is 0.303 e. The van der Waals surface area contributed by atoms with Gasteiger partial charge in [-0.15, -0.1) is 11.3 Å². The van der Waals surface area contributed by atoms with E-state index in [4.69, 9.17) is 5.11 Å². The zero-order chi connectivity index (χ0) is 17.6. The third-order valence-electron chi connectivity index (χ3n) is 3.77. The number of hydrogen-bond acceptors (Lipinski definition) is 5. The van der Waals surface area contributed by atoms with Crippen molar-refractivity contribution in [1.82, 2.24) is 9.62 Å². The van der Waals surface area contributed by atoms with Crippen molar-refractivity contribution in [3.05, 3.63) is 17.0 Å². The zero-order valence-electron chi connectivity index (χ0n) is 13.4. The fourth-order valence-corrected chi connectivity index (χ4v) is 5.54. The molecule has 24 heavy (non-hydrogen) atoms. The second-order valence-electron chi connectivity index (χ2n) is 5.71. The van der Waals surface area contributed by atoms with Crippen LogP contribution in [0.15, 0.2) is 16.3 Å². The number of aliphatic carboxylic acids is 1. The Morgan fingerprint density at radius 2 is 1.92 bits per heavy atom. The van der Waals surface area contributed by atoms with Crippen molar-refractivity contribution in [3.8, 4) is 0 Å². The normalized spacial score (nSPS) is 16.0. The highest BCUT2D eigenvalue weighted by atomic mass is 32.2. The van der Waals surface area contributed by atoms with Crippen LogP contribution in [0.25, 0.3) is 0 Å². The second kappa shape index (κ2) is 8.59. The number of carboxylic acid groups (broad SMARTS) is 1. The highest BCUT2D eigenvalue weighted by molar-refractivity contribution is 7.91. The number of carbonyl (C=O) groups excluding carboxylic acids is 1. The van der Waals surface area contributed by atoms with E-state index in [-0.39, 0.29) is 23.0 Å². The second-order valence-corrected chi connectivity index (χ2v) is 9.04. The topological polar surface area (TPSA) is 104 Å². The van der Waals surface area contributed by atoms with Crippen molar-refractivity contribution in [3.63, 3.8) is 0 Å². The van der Waals surface area contributed by atoms with E-state index in [9.17, 15) is 18.0 Å². The molecule has 0 bridgehead atoms. The molecule has 0 spiro atoms. The lowest BCUT2D eigenvalue weighted by Gasteiger charge is -2.25. The molecule has 0 radical (unpaired) electrons. The number of nitrogens with one attached hydrogen (secondary N) is 1. The highest BCUT2D eigenvalue weighted by Gasteiger charge is 2.27. The van der Waals surface area contributed by atoms with E-state index < -0.39 is 16.0 Å². The van der Waals surface area contributed by atoms with E-state index >= 15 is 0 Å². The molecule has 0 atom stereocenters. The highest BCUT2D eigenvalue weighted by Crippen LogP contribution is 2.27. The lowest BCUT2D eigenvalue weighted by molar-refractivity contribution is -0.137. The van der Waals surface area contributed by atoms with Crippen LogP contribution in [0.4, 0.5) is 0 Å². The van der Waals surface area contributed by atoms with E-state index in [0.29, 0.717) is 30.9 Å².